The van der Waals surface area contributed by atoms with Crippen LogP contribution >= 0.6 is 11.8 Å². The van der Waals surface area contributed by atoms with Gasteiger partial charge in [-0.1, -0.05) is 6.07 Å². The van der Waals surface area contributed by atoms with Crippen molar-refractivity contribution in [3.63, 3.8) is 0 Å². The maximum Gasteiger partial charge on any atom is 0.294 e. The van der Waals surface area contributed by atoms with Crippen LogP contribution in [0, 0.1) is 0 Å². The van der Waals surface area contributed by atoms with Gasteiger partial charge in [0, 0.05) is 13.1 Å². The average Bonchev–Trinajstić information content (AvgIpc) is 2.97. The van der Waals surface area contributed by atoms with Gasteiger partial charge in [0.05, 0.1) is 31.8 Å². The maximum atomic E-state index is 12.6. The molecule has 1 aromatic rings. The summed E-state index contributed by atoms with van der Waals surface area (Å²) in [5.41, 5.74) is 0.699. The monoisotopic (exact) mass is 406 g/mol. The molecule has 1 aromatic carbocycles. The van der Waals surface area contributed by atoms with Gasteiger partial charge in [-0.15, -0.1) is 0 Å². The van der Waals surface area contributed by atoms with Gasteiger partial charge < -0.3 is 19.1 Å². The van der Waals surface area contributed by atoms with E-state index in [0.29, 0.717) is 50.0 Å². The Labute approximate surface area is 167 Å². The van der Waals surface area contributed by atoms with Gasteiger partial charge in [-0.25, -0.2) is 0 Å². The third kappa shape index (κ3) is 4.48. The highest BCUT2D eigenvalue weighted by molar-refractivity contribution is 8.18. The highest BCUT2D eigenvalue weighted by Gasteiger charge is 2.37. The fourth-order valence-electron chi connectivity index (χ4n) is 2.88. The van der Waals surface area contributed by atoms with E-state index in [9.17, 15) is 14.4 Å². The lowest BCUT2D eigenvalue weighted by molar-refractivity contribution is -0.139. The van der Waals surface area contributed by atoms with E-state index in [-0.39, 0.29) is 17.4 Å². The molecular weight excluding hydrogens is 384 g/mol. The highest BCUT2D eigenvalue weighted by atomic mass is 32.2. The van der Waals surface area contributed by atoms with Crippen molar-refractivity contribution >= 4 is 34.9 Å². The first-order chi connectivity index (χ1) is 13.5. The molecule has 2 aliphatic heterocycles. The van der Waals surface area contributed by atoms with Gasteiger partial charge in [-0.3, -0.25) is 19.3 Å². The predicted octanol–water partition coefficient (Wildman–Crippen LogP) is 1.99. The molecule has 0 spiro atoms. The lowest BCUT2D eigenvalue weighted by atomic mass is 10.2. The zero-order valence-corrected chi connectivity index (χ0v) is 16.6. The second-order valence-corrected chi connectivity index (χ2v) is 7.10. The molecule has 2 aliphatic rings. The summed E-state index contributed by atoms with van der Waals surface area (Å²) in [4.78, 5) is 40.1. The zero-order valence-electron chi connectivity index (χ0n) is 15.8. The first-order valence-electron chi connectivity index (χ1n) is 8.95. The number of nitrogens with zero attached hydrogens (tertiary/aromatic N) is 2. The largest absolute Gasteiger partial charge is 0.493 e. The fourth-order valence-corrected chi connectivity index (χ4v) is 3.72. The molecule has 9 heteroatoms. The molecule has 0 N–H and O–H groups in total. The van der Waals surface area contributed by atoms with Crippen LogP contribution in [-0.4, -0.2) is 73.4 Å². The minimum absolute atomic E-state index is 0.255. The Morgan fingerprint density at radius 1 is 1.25 bits per heavy atom. The van der Waals surface area contributed by atoms with Crippen molar-refractivity contribution in [1.29, 1.82) is 0 Å². The molecule has 0 bridgehead atoms. The van der Waals surface area contributed by atoms with Crippen molar-refractivity contribution in [2.45, 2.75) is 6.92 Å². The number of benzene rings is 1. The minimum Gasteiger partial charge on any atom is -0.493 e. The van der Waals surface area contributed by atoms with Gasteiger partial charge >= 0.3 is 0 Å². The summed E-state index contributed by atoms with van der Waals surface area (Å²) in [5.74, 6) is 0.419. The summed E-state index contributed by atoms with van der Waals surface area (Å²) in [6, 6.07) is 5.26. The second-order valence-electron chi connectivity index (χ2n) is 6.10. The Bertz CT molecular complexity index is 804. The summed E-state index contributed by atoms with van der Waals surface area (Å²) in [5, 5.41) is -0.448. The number of imide groups is 1. The predicted molar refractivity (Wildman–Crippen MR) is 104 cm³/mol. The van der Waals surface area contributed by atoms with Crippen molar-refractivity contribution in [2.75, 3.05) is 46.6 Å². The molecule has 150 valence electrons. The molecule has 0 aliphatic carbocycles. The normalized spacial score (nSPS) is 18.7. The third-order valence-electron chi connectivity index (χ3n) is 4.32. The molecule has 28 heavy (non-hydrogen) atoms. The van der Waals surface area contributed by atoms with E-state index in [2.05, 4.69) is 0 Å². The van der Waals surface area contributed by atoms with Gasteiger partial charge in [0.15, 0.2) is 11.5 Å². The van der Waals surface area contributed by atoms with Crippen molar-refractivity contribution in [2.24, 2.45) is 0 Å². The van der Waals surface area contributed by atoms with Crippen LogP contribution in [0.5, 0.6) is 11.5 Å². The topological polar surface area (TPSA) is 85.4 Å². The summed E-state index contributed by atoms with van der Waals surface area (Å²) in [6.07, 6.45) is 1.61. The average molecular weight is 406 g/mol. The smallest absolute Gasteiger partial charge is 0.294 e. The van der Waals surface area contributed by atoms with Crippen LogP contribution in [0.25, 0.3) is 6.08 Å². The lowest BCUT2D eigenvalue weighted by Crippen LogP contribution is -2.46. The number of hydrogen-bond donors (Lipinski definition) is 0. The molecule has 0 saturated carbocycles. The number of ether oxygens (including phenoxy) is 3. The number of methoxy groups -OCH3 is 1. The Morgan fingerprint density at radius 2 is 2.00 bits per heavy atom. The number of hydrogen-bond acceptors (Lipinski definition) is 7. The van der Waals surface area contributed by atoms with Crippen molar-refractivity contribution in [3.05, 3.63) is 28.7 Å². The standard InChI is InChI=1S/C19H22N2O6S/c1-3-27-14-5-4-13(10-15(14)25-2)11-16-18(23)21(19(24)28-16)12-17(22)20-6-8-26-9-7-20/h4-5,10-11H,3,6-9,12H2,1-2H3/b16-11+. The molecular formula is C19H22N2O6S. The summed E-state index contributed by atoms with van der Waals surface area (Å²) >= 11 is 0.824. The fraction of sp³-hybridized carbons (Fsp3) is 0.421. The molecule has 8 nitrogen and oxygen atoms in total. The van der Waals surface area contributed by atoms with Crippen LogP contribution in [0.2, 0.25) is 0 Å². The van der Waals surface area contributed by atoms with E-state index in [0.717, 1.165) is 16.7 Å². The molecule has 0 unspecified atom stereocenters. The molecule has 3 rings (SSSR count). The summed E-state index contributed by atoms with van der Waals surface area (Å²) in [7, 11) is 1.53. The maximum absolute atomic E-state index is 12.6. The molecule has 0 aromatic heterocycles. The zero-order chi connectivity index (χ0) is 20.1. The number of amides is 3. The SMILES string of the molecule is CCOc1ccc(/C=C2/SC(=O)N(CC(=O)N3CCOCC3)C2=O)cc1OC. The Morgan fingerprint density at radius 3 is 2.68 bits per heavy atom. The molecule has 2 fully saturated rings. The van der Waals surface area contributed by atoms with E-state index in [1.807, 2.05) is 6.92 Å². The molecule has 0 radical (unpaired) electrons. The minimum atomic E-state index is -0.468. The van der Waals surface area contributed by atoms with Gasteiger partial charge in [-0.2, -0.15) is 0 Å². The van der Waals surface area contributed by atoms with Crippen LogP contribution < -0.4 is 9.47 Å². The van der Waals surface area contributed by atoms with Crippen LogP contribution in [0.4, 0.5) is 4.79 Å². The van der Waals surface area contributed by atoms with E-state index < -0.39 is 11.1 Å². The van der Waals surface area contributed by atoms with Crippen LogP contribution in [-0.2, 0) is 14.3 Å². The number of carbonyl (C=O) groups excluding carboxylic acids is 3. The number of thioether (sulfide) groups is 1. The van der Waals surface area contributed by atoms with Crippen LogP contribution in [0.3, 0.4) is 0 Å². The summed E-state index contributed by atoms with van der Waals surface area (Å²) in [6.45, 7) is 4.00. The quantitative estimate of drug-likeness (QED) is 0.668. The van der Waals surface area contributed by atoms with Crippen LogP contribution in [0.15, 0.2) is 23.1 Å². The van der Waals surface area contributed by atoms with E-state index in [4.69, 9.17) is 14.2 Å². The first kappa shape index (κ1) is 20.2. The number of rotatable bonds is 6. The molecule has 3 amide bonds. The van der Waals surface area contributed by atoms with Crippen molar-refractivity contribution in [3.8, 4) is 11.5 Å². The molecule has 0 atom stereocenters. The van der Waals surface area contributed by atoms with E-state index in [1.165, 1.54) is 7.11 Å². The van der Waals surface area contributed by atoms with Gasteiger partial charge in [-0.05, 0) is 42.5 Å². The van der Waals surface area contributed by atoms with Crippen molar-refractivity contribution < 1.29 is 28.6 Å². The first-order valence-corrected chi connectivity index (χ1v) is 9.77. The Hall–Kier alpha value is -2.52. The van der Waals surface area contributed by atoms with E-state index >= 15 is 0 Å². The van der Waals surface area contributed by atoms with Gasteiger partial charge in [0.25, 0.3) is 11.1 Å². The molecule has 2 saturated heterocycles. The highest BCUT2D eigenvalue weighted by Crippen LogP contribution is 2.34. The molecule has 2 heterocycles. The third-order valence-corrected chi connectivity index (χ3v) is 5.22. The summed E-state index contributed by atoms with van der Waals surface area (Å²) < 4.78 is 16.0. The van der Waals surface area contributed by atoms with Gasteiger partial charge in [0.1, 0.15) is 6.54 Å². The second kappa shape index (κ2) is 9.11. The number of morpholine rings is 1. The van der Waals surface area contributed by atoms with Crippen molar-refractivity contribution in [1.82, 2.24) is 9.80 Å². The Kier molecular flexibility index (Phi) is 6.58. The van der Waals surface area contributed by atoms with Gasteiger partial charge in [0.2, 0.25) is 5.91 Å². The lowest BCUT2D eigenvalue weighted by Gasteiger charge is -2.28. The van der Waals surface area contributed by atoms with Crippen LogP contribution in [0.1, 0.15) is 12.5 Å². The number of carbonyl (C=O) groups is 3. The van der Waals surface area contributed by atoms with E-state index in [1.54, 1.807) is 29.2 Å². The Balaban J connectivity index is 1.72.